The van der Waals surface area contributed by atoms with E-state index in [1.165, 1.54) is 0 Å². The molecule has 0 amide bonds. The Balaban J connectivity index is 1.62. The predicted octanol–water partition coefficient (Wildman–Crippen LogP) is 2.82. The average molecular weight is 377 g/mol. The number of aromatic nitrogens is 6. The summed E-state index contributed by atoms with van der Waals surface area (Å²) in [6.07, 6.45) is 8.66. The number of rotatable bonds is 7. The smallest absolute Gasteiger partial charge is 0.216 e. The fourth-order valence-corrected chi connectivity index (χ4v) is 2.92. The van der Waals surface area contributed by atoms with Gasteiger partial charge in [0.05, 0.1) is 42.8 Å². The van der Waals surface area contributed by atoms with Gasteiger partial charge in [0, 0.05) is 24.2 Å². The maximum Gasteiger partial charge on any atom is 0.216 e. The largest absolute Gasteiger partial charge is 0.394 e. The zero-order valence-corrected chi connectivity index (χ0v) is 15.2. The van der Waals surface area contributed by atoms with Gasteiger partial charge in [-0.05, 0) is 30.7 Å². The van der Waals surface area contributed by atoms with E-state index in [1.54, 1.807) is 34.0 Å². The van der Waals surface area contributed by atoms with Crippen molar-refractivity contribution in [1.29, 1.82) is 5.53 Å². The molecule has 4 aromatic heterocycles. The van der Waals surface area contributed by atoms with Crippen LogP contribution in [0.1, 0.15) is 18.5 Å². The molecule has 10 heteroatoms. The number of nitrogens with one attached hydrogen (secondary N) is 2. The first-order valence-electron chi connectivity index (χ1n) is 8.76. The quantitative estimate of drug-likeness (QED) is 0.425. The van der Waals surface area contributed by atoms with Gasteiger partial charge in [0.2, 0.25) is 5.82 Å². The highest BCUT2D eigenvalue weighted by atomic mass is 16.3. The lowest BCUT2D eigenvalue weighted by molar-refractivity contribution is 0.269. The molecule has 0 aromatic carbocycles. The van der Waals surface area contributed by atoms with Gasteiger partial charge >= 0.3 is 0 Å². The van der Waals surface area contributed by atoms with Gasteiger partial charge < -0.3 is 10.4 Å². The number of aliphatic hydroxyl groups is 1. The van der Waals surface area contributed by atoms with Crippen molar-refractivity contribution in [2.24, 2.45) is 5.11 Å². The van der Waals surface area contributed by atoms with E-state index in [0.29, 0.717) is 18.1 Å². The van der Waals surface area contributed by atoms with Gasteiger partial charge in [-0.3, -0.25) is 4.68 Å². The molecule has 3 N–H and O–H groups in total. The minimum Gasteiger partial charge on any atom is -0.394 e. The maximum atomic E-state index is 9.03. The Labute approximate surface area is 160 Å². The van der Waals surface area contributed by atoms with Crippen LogP contribution in [0.4, 0.5) is 11.6 Å². The van der Waals surface area contributed by atoms with Crippen molar-refractivity contribution in [1.82, 2.24) is 29.4 Å². The number of pyridine rings is 1. The number of hydrogen-bond donors (Lipinski definition) is 3. The molecule has 10 nitrogen and oxygen atoms in total. The van der Waals surface area contributed by atoms with E-state index < -0.39 is 0 Å². The van der Waals surface area contributed by atoms with Gasteiger partial charge in [0.15, 0.2) is 5.82 Å². The molecule has 0 fully saturated rings. The first-order chi connectivity index (χ1) is 13.7. The Morgan fingerprint density at radius 3 is 3.00 bits per heavy atom. The number of anilines is 1. The summed E-state index contributed by atoms with van der Waals surface area (Å²) in [5.74, 6) is 0.632. The molecule has 28 heavy (non-hydrogen) atoms. The van der Waals surface area contributed by atoms with Crippen LogP contribution in [0.3, 0.4) is 0 Å². The third-order valence-corrected chi connectivity index (χ3v) is 4.39. The number of hydrogen-bond acceptors (Lipinski definition) is 8. The molecule has 0 saturated heterocycles. The molecule has 1 unspecified atom stereocenters. The lowest BCUT2D eigenvalue weighted by Crippen LogP contribution is -2.09. The van der Waals surface area contributed by atoms with Gasteiger partial charge in [-0.2, -0.15) is 10.2 Å². The summed E-state index contributed by atoms with van der Waals surface area (Å²) >= 11 is 0. The van der Waals surface area contributed by atoms with Gasteiger partial charge in [-0.1, -0.05) is 0 Å². The zero-order chi connectivity index (χ0) is 19.5. The highest BCUT2D eigenvalue weighted by Crippen LogP contribution is 2.28. The number of aliphatic hydroxyl groups excluding tert-OH is 1. The molecule has 142 valence electrons. The van der Waals surface area contributed by atoms with Crippen LogP contribution in [0.2, 0.25) is 0 Å². The predicted molar refractivity (Wildman–Crippen MR) is 102 cm³/mol. The average Bonchev–Trinajstić information content (AvgIpc) is 3.37. The molecule has 4 heterocycles. The van der Waals surface area contributed by atoms with E-state index in [1.807, 2.05) is 31.3 Å². The van der Waals surface area contributed by atoms with Crippen molar-refractivity contribution in [3.05, 3.63) is 54.7 Å². The second-order valence-electron chi connectivity index (χ2n) is 6.28. The first kappa shape index (κ1) is 17.7. The molecule has 0 aliphatic rings. The van der Waals surface area contributed by atoms with Crippen molar-refractivity contribution in [3.63, 3.8) is 0 Å². The summed E-state index contributed by atoms with van der Waals surface area (Å²) in [6.45, 7) is 2.42. The lowest BCUT2D eigenvalue weighted by atomic mass is 10.1. The Kier molecular flexibility index (Phi) is 4.77. The van der Waals surface area contributed by atoms with Crippen LogP contribution in [-0.4, -0.2) is 41.1 Å². The van der Waals surface area contributed by atoms with E-state index in [-0.39, 0.29) is 18.5 Å². The summed E-state index contributed by atoms with van der Waals surface area (Å²) in [5.41, 5.74) is 10.8. The molecule has 4 aromatic rings. The van der Waals surface area contributed by atoms with Crippen LogP contribution < -0.4 is 5.32 Å². The van der Waals surface area contributed by atoms with E-state index >= 15 is 0 Å². The molecule has 4 rings (SSSR count). The van der Waals surface area contributed by atoms with E-state index in [2.05, 4.69) is 30.6 Å². The van der Waals surface area contributed by atoms with Crippen LogP contribution in [-0.2, 0) is 6.54 Å². The standard InChI is InChI=1S/C18H19N9O/c1-12(13-3-5-27-15(8-13)2-4-21-27)23-18-17(25-19)20-10-16(24-18)14-9-22-26(11-14)6-7-28/h2-5,8-12,19,28H,6-7H2,1H3,(H,23,24). The minimum absolute atomic E-state index is 0.00924. The second-order valence-corrected chi connectivity index (χ2v) is 6.28. The Bertz CT molecular complexity index is 1120. The van der Waals surface area contributed by atoms with Crippen molar-refractivity contribution in [2.45, 2.75) is 19.5 Å². The third-order valence-electron chi connectivity index (χ3n) is 4.39. The van der Waals surface area contributed by atoms with E-state index in [0.717, 1.165) is 16.6 Å². The fraction of sp³-hybridized carbons (Fsp3) is 0.222. The van der Waals surface area contributed by atoms with E-state index in [9.17, 15) is 0 Å². The van der Waals surface area contributed by atoms with Gasteiger partial charge in [-0.25, -0.2) is 20.0 Å². The molecule has 1 atom stereocenters. The molecule has 0 bridgehead atoms. The normalized spacial score (nSPS) is 12.2. The topological polar surface area (TPSA) is 129 Å². The van der Waals surface area contributed by atoms with Gasteiger partial charge in [0.1, 0.15) is 0 Å². The van der Waals surface area contributed by atoms with Gasteiger partial charge in [0.25, 0.3) is 0 Å². The minimum atomic E-state index is -0.0814. The number of nitrogens with zero attached hydrogens (tertiary/aromatic N) is 7. The lowest BCUT2D eigenvalue weighted by Gasteiger charge is -2.16. The Hall–Kier alpha value is -3.66. The summed E-state index contributed by atoms with van der Waals surface area (Å²) in [6, 6.07) is 5.87. The monoisotopic (exact) mass is 377 g/mol. The Morgan fingerprint density at radius 1 is 1.29 bits per heavy atom. The summed E-state index contributed by atoms with van der Waals surface area (Å²) < 4.78 is 3.43. The van der Waals surface area contributed by atoms with Crippen LogP contribution in [0.25, 0.3) is 16.8 Å². The number of fused-ring (bicyclic) bond motifs is 1. The van der Waals surface area contributed by atoms with Crippen molar-refractivity contribution < 1.29 is 5.11 Å². The van der Waals surface area contributed by atoms with E-state index in [4.69, 9.17) is 10.6 Å². The molecule has 0 spiro atoms. The van der Waals surface area contributed by atoms with Gasteiger partial charge in [-0.15, -0.1) is 5.11 Å². The molecular formula is C18H19N9O. The first-order valence-corrected chi connectivity index (χ1v) is 8.76. The molecular weight excluding hydrogens is 358 g/mol. The van der Waals surface area contributed by atoms with Crippen molar-refractivity contribution in [3.8, 4) is 11.3 Å². The zero-order valence-electron chi connectivity index (χ0n) is 15.2. The summed E-state index contributed by atoms with van der Waals surface area (Å²) in [4.78, 5) is 8.82. The van der Waals surface area contributed by atoms with Crippen LogP contribution in [0, 0.1) is 5.53 Å². The van der Waals surface area contributed by atoms with Crippen LogP contribution in [0.15, 0.2) is 54.3 Å². The maximum absolute atomic E-state index is 9.03. The van der Waals surface area contributed by atoms with Crippen LogP contribution >= 0.6 is 0 Å². The van der Waals surface area contributed by atoms with Crippen molar-refractivity contribution in [2.75, 3.05) is 11.9 Å². The Morgan fingerprint density at radius 2 is 2.18 bits per heavy atom. The second kappa shape index (κ2) is 7.53. The summed E-state index contributed by atoms with van der Waals surface area (Å²) in [7, 11) is 0. The van der Waals surface area contributed by atoms with Crippen molar-refractivity contribution >= 4 is 17.2 Å². The molecule has 0 saturated carbocycles. The SMILES string of the molecule is CC(Nc1nc(-c2cnn(CCO)c2)cnc1N=N)c1ccn2nccc2c1. The molecule has 0 radical (unpaired) electrons. The summed E-state index contributed by atoms with van der Waals surface area (Å²) in [5, 5.41) is 24.2. The third kappa shape index (κ3) is 3.45. The molecule has 0 aliphatic heterocycles. The van der Waals surface area contributed by atoms with Crippen LogP contribution in [0.5, 0.6) is 0 Å². The fourth-order valence-electron chi connectivity index (χ4n) is 2.92. The molecule has 0 aliphatic carbocycles. The highest BCUT2D eigenvalue weighted by molar-refractivity contribution is 5.64. The highest BCUT2D eigenvalue weighted by Gasteiger charge is 2.14.